The maximum atomic E-state index is 12.4. The number of carbonyl (C=O) groups is 1. The first-order valence-corrected chi connectivity index (χ1v) is 7.45. The van der Waals surface area contributed by atoms with Gasteiger partial charge >= 0.3 is 0 Å². The predicted octanol–water partition coefficient (Wildman–Crippen LogP) is 2.54. The molecule has 110 valence electrons. The highest BCUT2D eigenvalue weighted by Crippen LogP contribution is 2.18. The number of nitrogens with zero attached hydrogens (tertiary/aromatic N) is 2. The van der Waals surface area contributed by atoms with Crippen molar-refractivity contribution < 1.29 is 4.79 Å². The Hall–Kier alpha value is -1.20. The number of amidine groups is 1. The molecule has 0 aromatic heterocycles. The van der Waals surface area contributed by atoms with Crippen LogP contribution in [0.15, 0.2) is 35.3 Å². The second kappa shape index (κ2) is 8.17. The van der Waals surface area contributed by atoms with E-state index < -0.39 is 0 Å². The van der Waals surface area contributed by atoms with E-state index >= 15 is 0 Å². The molecule has 0 spiro atoms. The zero-order valence-corrected chi connectivity index (χ0v) is 13.3. The lowest BCUT2D eigenvalue weighted by Gasteiger charge is -2.26. The zero-order valence-electron chi connectivity index (χ0n) is 11.7. The lowest BCUT2D eigenvalue weighted by atomic mass is 10.2. The van der Waals surface area contributed by atoms with Crippen LogP contribution in [0.3, 0.4) is 0 Å². The van der Waals surface area contributed by atoms with Crippen molar-refractivity contribution in [1.29, 1.82) is 0 Å². The van der Waals surface area contributed by atoms with E-state index in [0.717, 1.165) is 23.9 Å². The second-order valence-corrected chi connectivity index (χ2v) is 5.56. The number of nitrogens with one attached hydrogen (secondary N) is 1. The van der Waals surface area contributed by atoms with Gasteiger partial charge < -0.3 is 10.2 Å². The van der Waals surface area contributed by atoms with Crippen molar-refractivity contribution in [3.8, 4) is 0 Å². The number of thioether (sulfide) groups is 1. The predicted molar refractivity (Wildman–Crippen MR) is 89.1 cm³/mol. The van der Waals surface area contributed by atoms with Gasteiger partial charge in [-0.1, -0.05) is 30.0 Å². The summed E-state index contributed by atoms with van der Waals surface area (Å²) in [6.07, 6.45) is 0. The summed E-state index contributed by atoms with van der Waals surface area (Å²) in [5.41, 5.74) is 0.949. The fourth-order valence-electron chi connectivity index (χ4n) is 1.99. The Morgan fingerprint density at radius 2 is 2.10 bits per heavy atom. The van der Waals surface area contributed by atoms with Crippen LogP contribution in [0.2, 0.25) is 0 Å². The Kier molecular flexibility index (Phi) is 6.88. The van der Waals surface area contributed by atoms with Gasteiger partial charge in [0.15, 0.2) is 5.17 Å². The second-order valence-electron chi connectivity index (χ2n) is 4.60. The van der Waals surface area contributed by atoms with Crippen molar-refractivity contribution in [2.75, 3.05) is 23.7 Å². The van der Waals surface area contributed by atoms with Gasteiger partial charge in [-0.2, -0.15) is 0 Å². The molecule has 2 rings (SSSR count). The van der Waals surface area contributed by atoms with Crippen molar-refractivity contribution in [2.45, 2.75) is 19.9 Å². The van der Waals surface area contributed by atoms with Crippen molar-refractivity contribution in [1.82, 2.24) is 5.32 Å². The van der Waals surface area contributed by atoms with Crippen LogP contribution in [0, 0.1) is 0 Å². The summed E-state index contributed by atoms with van der Waals surface area (Å²) < 4.78 is 0. The third-order valence-corrected chi connectivity index (χ3v) is 3.73. The summed E-state index contributed by atoms with van der Waals surface area (Å²) in [6, 6.07) is 9.94. The lowest BCUT2D eigenvalue weighted by molar-refractivity contribution is -0.116. The van der Waals surface area contributed by atoms with Gasteiger partial charge in [-0.05, 0) is 26.0 Å². The molecule has 0 atom stereocenters. The monoisotopic (exact) mass is 313 g/mol. The maximum Gasteiger partial charge on any atom is 0.237 e. The summed E-state index contributed by atoms with van der Waals surface area (Å²) in [4.78, 5) is 18.5. The summed E-state index contributed by atoms with van der Waals surface area (Å²) in [7, 11) is 0. The highest BCUT2D eigenvalue weighted by Gasteiger charge is 2.19. The molecule has 1 aromatic carbocycles. The standard InChI is InChI=1S/C14H19N3OS.ClH/c1-11(2)17(12-6-4-3-5-7-12)13(18)10-19-14-15-8-9-16-14;/h3-7,11H,8-10H2,1-2H3,(H,15,16);1H. The van der Waals surface area contributed by atoms with E-state index in [-0.39, 0.29) is 24.4 Å². The topological polar surface area (TPSA) is 44.7 Å². The normalized spacial score (nSPS) is 13.4. The highest BCUT2D eigenvalue weighted by molar-refractivity contribution is 8.14. The number of hydrogen-bond donors (Lipinski definition) is 1. The van der Waals surface area contributed by atoms with Gasteiger partial charge in [-0.3, -0.25) is 9.79 Å². The minimum absolute atomic E-state index is 0. The number of rotatable bonds is 4. The van der Waals surface area contributed by atoms with E-state index in [4.69, 9.17) is 0 Å². The van der Waals surface area contributed by atoms with Gasteiger partial charge in [0.05, 0.1) is 12.3 Å². The average Bonchev–Trinajstić information content (AvgIpc) is 2.90. The number of halogens is 1. The zero-order chi connectivity index (χ0) is 13.7. The van der Waals surface area contributed by atoms with E-state index in [2.05, 4.69) is 10.3 Å². The van der Waals surface area contributed by atoms with Gasteiger partial charge in [0.25, 0.3) is 0 Å². The van der Waals surface area contributed by atoms with Crippen LogP contribution in [-0.4, -0.2) is 36.0 Å². The molecule has 20 heavy (non-hydrogen) atoms. The molecule has 0 unspecified atom stereocenters. The Morgan fingerprint density at radius 1 is 1.40 bits per heavy atom. The van der Waals surface area contributed by atoms with Gasteiger partial charge in [0.1, 0.15) is 0 Å². The van der Waals surface area contributed by atoms with Crippen LogP contribution >= 0.6 is 24.2 Å². The van der Waals surface area contributed by atoms with Crippen LogP contribution in [0.25, 0.3) is 0 Å². The minimum atomic E-state index is 0. The third kappa shape index (κ3) is 4.42. The molecule has 6 heteroatoms. The fourth-order valence-corrected chi connectivity index (χ4v) is 2.78. The molecular weight excluding hydrogens is 294 g/mol. The summed E-state index contributed by atoms with van der Waals surface area (Å²) in [5.74, 6) is 0.529. The van der Waals surface area contributed by atoms with Gasteiger partial charge in [-0.25, -0.2) is 0 Å². The van der Waals surface area contributed by atoms with Crippen molar-refractivity contribution >= 4 is 40.9 Å². The van der Waals surface area contributed by atoms with Crippen LogP contribution in [0.5, 0.6) is 0 Å². The molecule has 1 aliphatic heterocycles. The van der Waals surface area contributed by atoms with Crippen molar-refractivity contribution in [3.05, 3.63) is 30.3 Å². The van der Waals surface area contributed by atoms with E-state index in [1.165, 1.54) is 11.8 Å². The Balaban J connectivity index is 0.00000200. The molecule has 1 aromatic rings. The number of hydrogen-bond acceptors (Lipinski definition) is 4. The first-order chi connectivity index (χ1) is 9.18. The molecule has 0 fully saturated rings. The number of para-hydroxylation sites is 1. The molecule has 1 heterocycles. The van der Waals surface area contributed by atoms with Gasteiger partial charge in [-0.15, -0.1) is 12.4 Å². The third-order valence-electron chi connectivity index (χ3n) is 2.80. The molecule has 0 saturated carbocycles. The summed E-state index contributed by atoms with van der Waals surface area (Å²) in [5, 5.41) is 4.04. The van der Waals surface area contributed by atoms with Crippen molar-refractivity contribution in [3.63, 3.8) is 0 Å². The van der Waals surface area contributed by atoms with E-state index in [9.17, 15) is 4.79 Å². The van der Waals surface area contributed by atoms with Crippen LogP contribution in [0.4, 0.5) is 5.69 Å². The molecule has 1 aliphatic rings. The van der Waals surface area contributed by atoms with Crippen molar-refractivity contribution in [2.24, 2.45) is 4.99 Å². The van der Waals surface area contributed by atoms with Crippen LogP contribution < -0.4 is 10.2 Å². The van der Waals surface area contributed by atoms with Crippen LogP contribution in [0.1, 0.15) is 13.8 Å². The molecular formula is C14H20ClN3OS. The maximum absolute atomic E-state index is 12.4. The smallest absolute Gasteiger partial charge is 0.237 e. The number of benzene rings is 1. The number of aliphatic imine (C=N–C) groups is 1. The number of carbonyl (C=O) groups excluding carboxylic acids is 1. The van der Waals surface area contributed by atoms with E-state index in [1.807, 2.05) is 49.1 Å². The van der Waals surface area contributed by atoms with E-state index in [1.54, 1.807) is 0 Å². The Labute approximate surface area is 130 Å². The SMILES string of the molecule is CC(C)N(C(=O)CSC1=NCCN1)c1ccccc1.Cl. The molecule has 4 nitrogen and oxygen atoms in total. The molecule has 1 N–H and O–H groups in total. The summed E-state index contributed by atoms with van der Waals surface area (Å²) >= 11 is 1.48. The fraction of sp³-hybridized carbons (Fsp3) is 0.429. The van der Waals surface area contributed by atoms with Gasteiger partial charge in [0.2, 0.25) is 5.91 Å². The first-order valence-electron chi connectivity index (χ1n) is 6.46. The molecule has 0 radical (unpaired) electrons. The average molecular weight is 314 g/mol. The van der Waals surface area contributed by atoms with E-state index in [0.29, 0.717) is 5.75 Å². The molecule has 0 aliphatic carbocycles. The number of anilines is 1. The Morgan fingerprint density at radius 3 is 2.65 bits per heavy atom. The van der Waals surface area contributed by atoms with Gasteiger partial charge in [0, 0.05) is 18.3 Å². The molecule has 0 bridgehead atoms. The minimum Gasteiger partial charge on any atom is -0.363 e. The lowest BCUT2D eigenvalue weighted by Crippen LogP contribution is -2.38. The Bertz CT molecular complexity index is 465. The summed E-state index contributed by atoms with van der Waals surface area (Å²) in [6.45, 7) is 5.74. The first kappa shape index (κ1) is 16.9. The quantitative estimate of drug-likeness (QED) is 0.929. The van der Waals surface area contributed by atoms with Crippen LogP contribution in [-0.2, 0) is 4.79 Å². The number of amides is 1. The molecule has 1 amide bonds. The largest absolute Gasteiger partial charge is 0.363 e. The molecule has 0 saturated heterocycles. The highest BCUT2D eigenvalue weighted by atomic mass is 35.5.